The summed E-state index contributed by atoms with van der Waals surface area (Å²) in [7, 11) is -4.18. The number of carboxylic acids is 1. The molecule has 8 heteroatoms. The van der Waals surface area contributed by atoms with Gasteiger partial charge in [-0.3, -0.25) is 4.55 Å². The highest BCUT2D eigenvalue weighted by Gasteiger charge is 2.19. The molecule has 0 bridgehead atoms. The fourth-order valence-electron chi connectivity index (χ4n) is 2.67. The molecule has 2 aromatic rings. The van der Waals surface area contributed by atoms with Crippen molar-refractivity contribution in [2.75, 3.05) is 6.61 Å². The lowest BCUT2D eigenvalue weighted by Gasteiger charge is -2.12. The van der Waals surface area contributed by atoms with Crippen molar-refractivity contribution in [3.05, 3.63) is 65.5 Å². The van der Waals surface area contributed by atoms with E-state index in [2.05, 4.69) is 17.1 Å². The summed E-state index contributed by atoms with van der Waals surface area (Å²) in [5, 5.41) is 7.86. The van der Waals surface area contributed by atoms with Gasteiger partial charge in [0.15, 0.2) is 0 Å². The first-order valence-corrected chi connectivity index (χ1v) is 10.8. The molecule has 1 aromatic carbocycles. The molecule has 0 spiro atoms. The van der Waals surface area contributed by atoms with E-state index in [4.69, 9.17) is 14.4 Å². The van der Waals surface area contributed by atoms with Crippen LogP contribution < -0.4 is 4.74 Å². The molecule has 2 rings (SSSR count). The lowest BCUT2D eigenvalue weighted by atomic mass is 10.1. The van der Waals surface area contributed by atoms with Crippen LogP contribution in [0.5, 0.6) is 5.75 Å². The van der Waals surface area contributed by atoms with Crippen molar-refractivity contribution >= 4 is 22.2 Å². The number of aromatic nitrogens is 1. The van der Waals surface area contributed by atoms with E-state index in [1.165, 1.54) is 18.6 Å². The molecule has 0 aliphatic heterocycles. The van der Waals surface area contributed by atoms with Gasteiger partial charge in [-0.25, -0.2) is 9.78 Å². The Balaban J connectivity index is 2.00. The van der Waals surface area contributed by atoms with Crippen LogP contribution in [0, 0.1) is 0 Å². The van der Waals surface area contributed by atoms with E-state index in [9.17, 15) is 13.2 Å². The monoisotopic (exact) mass is 419 g/mol. The number of hydrogen-bond donors (Lipinski definition) is 2. The van der Waals surface area contributed by atoms with Crippen molar-refractivity contribution in [1.82, 2.24) is 4.98 Å². The van der Waals surface area contributed by atoms with E-state index in [0.717, 1.165) is 25.3 Å². The van der Waals surface area contributed by atoms with E-state index in [1.807, 2.05) is 18.2 Å². The topological polar surface area (TPSA) is 114 Å². The van der Waals surface area contributed by atoms with Gasteiger partial charge in [-0.1, -0.05) is 30.3 Å². The van der Waals surface area contributed by atoms with Crippen molar-refractivity contribution in [2.24, 2.45) is 0 Å². The molecule has 0 amide bonds. The lowest BCUT2D eigenvalue weighted by molar-refractivity contribution is -0.131. The average molecular weight is 419 g/mol. The van der Waals surface area contributed by atoms with Crippen molar-refractivity contribution < 1.29 is 27.6 Å². The third-order valence-corrected chi connectivity index (χ3v) is 5.48. The molecule has 2 N–H and O–H groups in total. The van der Waals surface area contributed by atoms with Crippen LogP contribution in [-0.2, 0) is 27.8 Å². The molecule has 1 unspecified atom stereocenters. The molecular weight excluding hydrogens is 394 g/mol. The molecular formula is C21H25NO6S. The van der Waals surface area contributed by atoms with E-state index < -0.39 is 21.3 Å². The van der Waals surface area contributed by atoms with Crippen LogP contribution in [0.25, 0.3) is 6.08 Å². The SMILES string of the molecule is CC(Cc1ccc(OCCCCc2ccccc2)c(/C=C/C(=O)O)n1)S(=O)(=O)O. The van der Waals surface area contributed by atoms with Crippen LogP contribution in [0.4, 0.5) is 0 Å². The molecule has 0 aliphatic carbocycles. The van der Waals surface area contributed by atoms with Crippen molar-refractivity contribution in [2.45, 2.75) is 37.9 Å². The maximum Gasteiger partial charge on any atom is 0.328 e. The van der Waals surface area contributed by atoms with Crippen LogP contribution in [0.1, 0.15) is 36.7 Å². The minimum atomic E-state index is -4.18. The Hall–Kier alpha value is -2.71. The molecule has 156 valence electrons. The van der Waals surface area contributed by atoms with Gasteiger partial charge in [0, 0.05) is 18.2 Å². The Morgan fingerprint density at radius 3 is 2.55 bits per heavy atom. The van der Waals surface area contributed by atoms with Gasteiger partial charge in [0.25, 0.3) is 10.1 Å². The number of nitrogens with zero attached hydrogens (tertiary/aromatic N) is 1. The number of carbonyl (C=O) groups is 1. The van der Waals surface area contributed by atoms with Crippen molar-refractivity contribution in [3.63, 3.8) is 0 Å². The number of benzene rings is 1. The molecule has 0 saturated carbocycles. The molecule has 0 saturated heterocycles. The summed E-state index contributed by atoms with van der Waals surface area (Å²) in [4.78, 5) is 15.1. The minimum Gasteiger partial charge on any atom is -0.491 e. The molecule has 29 heavy (non-hydrogen) atoms. The summed E-state index contributed by atoms with van der Waals surface area (Å²) in [6.07, 6.45) is 4.97. The normalized spacial score (nSPS) is 12.8. The van der Waals surface area contributed by atoms with Gasteiger partial charge in [-0.2, -0.15) is 8.42 Å². The Bertz CT molecular complexity index is 941. The first-order chi connectivity index (χ1) is 13.8. The Morgan fingerprint density at radius 1 is 1.17 bits per heavy atom. The summed E-state index contributed by atoms with van der Waals surface area (Å²) >= 11 is 0. The number of aliphatic carboxylic acids is 1. The third kappa shape index (κ3) is 8.05. The molecule has 1 heterocycles. The summed E-state index contributed by atoms with van der Waals surface area (Å²) < 4.78 is 37.3. The van der Waals surface area contributed by atoms with Gasteiger partial charge in [0.05, 0.1) is 11.9 Å². The maximum absolute atomic E-state index is 11.2. The molecule has 7 nitrogen and oxygen atoms in total. The largest absolute Gasteiger partial charge is 0.491 e. The number of rotatable bonds is 11. The van der Waals surface area contributed by atoms with Gasteiger partial charge in [0.1, 0.15) is 11.4 Å². The van der Waals surface area contributed by atoms with Crippen LogP contribution in [-0.4, -0.2) is 40.9 Å². The van der Waals surface area contributed by atoms with Gasteiger partial charge in [0.2, 0.25) is 0 Å². The number of aryl methyl sites for hydroxylation is 1. The Morgan fingerprint density at radius 2 is 1.90 bits per heavy atom. The fraction of sp³-hybridized carbons (Fsp3) is 0.333. The second-order valence-electron chi connectivity index (χ2n) is 6.68. The van der Waals surface area contributed by atoms with Crippen LogP contribution in [0.15, 0.2) is 48.5 Å². The van der Waals surface area contributed by atoms with Gasteiger partial charge in [-0.15, -0.1) is 0 Å². The third-order valence-electron chi connectivity index (χ3n) is 4.29. The first kappa shape index (κ1) is 22.6. The van der Waals surface area contributed by atoms with Crippen LogP contribution in [0.3, 0.4) is 0 Å². The predicted molar refractivity (Wildman–Crippen MR) is 110 cm³/mol. The number of ether oxygens (including phenoxy) is 1. The summed E-state index contributed by atoms with van der Waals surface area (Å²) in [5.41, 5.74) is 1.98. The van der Waals surface area contributed by atoms with Crippen molar-refractivity contribution in [1.29, 1.82) is 0 Å². The number of pyridine rings is 1. The van der Waals surface area contributed by atoms with Gasteiger partial charge < -0.3 is 9.84 Å². The lowest BCUT2D eigenvalue weighted by Crippen LogP contribution is -2.19. The second-order valence-corrected chi connectivity index (χ2v) is 8.51. The summed E-state index contributed by atoms with van der Waals surface area (Å²) in [6, 6.07) is 13.4. The van der Waals surface area contributed by atoms with Crippen LogP contribution >= 0.6 is 0 Å². The second kappa shape index (κ2) is 10.7. The quantitative estimate of drug-likeness (QED) is 0.326. The molecule has 0 radical (unpaired) electrons. The molecule has 0 aliphatic rings. The van der Waals surface area contributed by atoms with E-state index >= 15 is 0 Å². The Kier molecular flexibility index (Phi) is 8.35. The highest BCUT2D eigenvalue weighted by atomic mass is 32.2. The zero-order valence-electron chi connectivity index (χ0n) is 16.2. The smallest absolute Gasteiger partial charge is 0.328 e. The standard InChI is InChI=1S/C21H25NO6S/c1-16(29(25,26)27)15-18-10-12-20(19(22-18)11-13-21(23)24)28-14-6-5-9-17-7-3-2-4-8-17/h2-4,7-8,10-13,16H,5-6,9,14-15H2,1H3,(H,23,24)(H,25,26,27)/b13-11+. The number of unbranched alkanes of at least 4 members (excludes halogenated alkanes) is 1. The zero-order valence-corrected chi connectivity index (χ0v) is 17.0. The summed E-state index contributed by atoms with van der Waals surface area (Å²) in [6.45, 7) is 1.82. The predicted octanol–water partition coefficient (Wildman–Crippen LogP) is 3.40. The van der Waals surface area contributed by atoms with Crippen molar-refractivity contribution in [3.8, 4) is 5.75 Å². The van der Waals surface area contributed by atoms with Gasteiger partial charge >= 0.3 is 5.97 Å². The van der Waals surface area contributed by atoms with E-state index in [1.54, 1.807) is 12.1 Å². The van der Waals surface area contributed by atoms with Crippen LogP contribution in [0.2, 0.25) is 0 Å². The molecule has 0 fully saturated rings. The van der Waals surface area contributed by atoms with Gasteiger partial charge in [-0.05, 0) is 50.0 Å². The highest BCUT2D eigenvalue weighted by Crippen LogP contribution is 2.21. The van der Waals surface area contributed by atoms with E-state index in [-0.39, 0.29) is 6.42 Å². The summed E-state index contributed by atoms with van der Waals surface area (Å²) in [5.74, 6) is -0.706. The molecule has 1 atom stereocenters. The number of carboxylic acid groups (broad SMARTS) is 1. The Labute approximate surface area is 170 Å². The highest BCUT2D eigenvalue weighted by molar-refractivity contribution is 7.86. The average Bonchev–Trinajstić information content (AvgIpc) is 2.67. The number of hydrogen-bond acceptors (Lipinski definition) is 5. The van der Waals surface area contributed by atoms with E-state index in [0.29, 0.717) is 23.7 Å². The fourth-order valence-corrected chi connectivity index (χ4v) is 3.05. The molecule has 1 aromatic heterocycles. The zero-order chi connectivity index (χ0) is 21.3. The maximum atomic E-state index is 11.2. The minimum absolute atomic E-state index is 0.00407. The first-order valence-electron chi connectivity index (χ1n) is 9.29.